The maximum atomic E-state index is 4.44. The average Bonchev–Trinajstić information content (AvgIpc) is 3.19. The van der Waals surface area contributed by atoms with Crippen LogP contribution < -0.4 is 0 Å². The first-order valence-electron chi connectivity index (χ1n) is 8.16. The Balaban J connectivity index is 1.73. The summed E-state index contributed by atoms with van der Waals surface area (Å²) in [7, 11) is 0. The van der Waals surface area contributed by atoms with Gasteiger partial charge in [0.25, 0.3) is 0 Å². The minimum Gasteiger partial charge on any atom is -0.342 e. The largest absolute Gasteiger partial charge is 0.342 e. The quantitative estimate of drug-likeness (QED) is 0.892. The number of hydrogen-bond donors (Lipinski definition) is 1. The summed E-state index contributed by atoms with van der Waals surface area (Å²) < 4.78 is 0. The number of likely N-dealkylation sites (tertiary alicyclic amines) is 1. The van der Waals surface area contributed by atoms with Crippen molar-refractivity contribution in [3.8, 4) is 11.3 Å². The monoisotopic (exact) mass is 283 g/mol. The first kappa shape index (κ1) is 14.3. The minimum absolute atomic E-state index is 0.527. The van der Waals surface area contributed by atoms with Gasteiger partial charge in [-0.05, 0) is 50.4 Å². The van der Waals surface area contributed by atoms with E-state index in [9.17, 15) is 0 Å². The van der Waals surface area contributed by atoms with Crippen LogP contribution in [0.5, 0.6) is 0 Å². The number of aryl methyl sites for hydroxylation is 1. The molecule has 1 saturated heterocycles. The van der Waals surface area contributed by atoms with Gasteiger partial charge in [0.2, 0.25) is 0 Å². The Kier molecular flexibility index (Phi) is 4.39. The average molecular weight is 283 g/mol. The van der Waals surface area contributed by atoms with Gasteiger partial charge in [-0.15, -0.1) is 0 Å². The molecule has 1 aromatic carbocycles. The molecule has 1 N–H and O–H groups in total. The lowest BCUT2D eigenvalue weighted by Crippen LogP contribution is -2.23. The number of H-pyrrole nitrogens is 1. The van der Waals surface area contributed by atoms with E-state index < -0.39 is 0 Å². The third-order valence-electron chi connectivity index (χ3n) is 4.51. The molecule has 0 unspecified atom stereocenters. The summed E-state index contributed by atoms with van der Waals surface area (Å²) in [4.78, 5) is 10.4. The number of imidazole rings is 1. The second-order valence-corrected chi connectivity index (χ2v) is 6.03. The van der Waals surface area contributed by atoms with Crippen LogP contribution in [0.15, 0.2) is 30.5 Å². The molecule has 3 nitrogen and oxygen atoms in total. The van der Waals surface area contributed by atoms with Crippen molar-refractivity contribution in [3.63, 3.8) is 0 Å². The molecule has 0 spiro atoms. The van der Waals surface area contributed by atoms with Gasteiger partial charge in [-0.1, -0.05) is 31.2 Å². The van der Waals surface area contributed by atoms with Gasteiger partial charge in [-0.3, -0.25) is 4.90 Å². The molecule has 1 aromatic heterocycles. The zero-order valence-electron chi connectivity index (χ0n) is 13.1. The summed E-state index contributed by atoms with van der Waals surface area (Å²) in [6.45, 7) is 6.97. The van der Waals surface area contributed by atoms with Crippen molar-refractivity contribution >= 4 is 0 Å². The Morgan fingerprint density at radius 1 is 1.19 bits per heavy atom. The van der Waals surface area contributed by atoms with E-state index in [0.717, 1.165) is 24.4 Å². The molecule has 1 aliphatic rings. The number of hydrogen-bond acceptors (Lipinski definition) is 2. The van der Waals surface area contributed by atoms with Crippen LogP contribution in [0.1, 0.15) is 50.5 Å². The van der Waals surface area contributed by atoms with E-state index in [-0.39, 0.29) is 0 Å². The van der Waals surface area contributed by atoms with E-state index in [1.54, 1.807) is 0 Å². The number of benzene rings is 1. The van der Waals surface area contributed by atoms with Gasteiger partial charge < -0.3 is 4.98 Å². The van der Waals surface area contributed by atoms with E-state index in [1.807, 2.05) is 6.20 Å². The summed E-state index contributed by atoms with van der Waals surface area (Å²) in [5.41, 5.74) is 3.76. The Morgan fingerprint density at radius 2 is 1.90 bits per heavy atom. The number of aromatic amines is 1. The van der Waals surface area contributed by atoms with E-state index >= 15 is 0 Å². The van der Waals surface area contributed by atoms with Crippen molar-refractivity contribution < 1.29 is 0 Å². The Bertz CT molecular complexity index is 564. The van der Waals surface area contributed by atoms with Crippen molar-refractivity contribution in [2.45, 2.75) is 45.6 Å². The molecule has 1 fully saturated rings. The highest BCUT2D eigenvalue weighted by molar-refractivity contribution is 5.59. The molecule has 2 heterocycles. The topological polar surface area (TPSA) is 31.9 Å². The molecule has 21 heavy (non-hydrogen) atoms. The van der Waals surface area contributed by atoms with Crippen molar-refractivity contribution in [3.05, 3.63) is 41.9 Å². The highest BCUT2D eigenvalue weighted by atomic mass is 15.2. The molecule has 1 aliphatic heterocycles. The van der Waals surface area contributed by atoms with Crippen LogP contribution in [-0.2, 0) is 6.42 Å². The van der Waals surface area contributed by atoms with Gasteiger partial charge in [-0.2, -0.15) is 0 Å². The third-order valence-corrected chi connectivity index (χ3v) is 4.51. The molecule has 112 valence electrons. The van der Waals surface area contributed by atoms with Gasteiger partial charge in [0, 0.05) is 12.5 Å². The number of nitrogens with one attached hydrogen (secondary N) is 1. The standard InChI is InChI=1S/C18H25N3/c1-3-6-18-19-13-17(20-18)16-9-7-15(8-10-16)14(2)21-11-4-5-12-21/h7-10,13-14H,3-6,11-12H2,1-2H3,(H,19,20)/t14-/m0/s1. The van der Waals surface area contributed by atoms with E-state index in [4.69, 9.17) is 0 Å². The van der Waals surface area contributed by atoms with Gasteiger partial charge in [0.1, 0.15) is 5.82 Å². The zero-order chi connectivity index (χ0) is 14.7. The lowest BCUT2D eigenvalue weighted by Gasteiger charge is -2.24. The summed E-state index contributed by atoms with van der Waals surface area (Å²) in [5.74, 6) is 1.09. The Morgan fingerprint density at radius 3 is 2.57 bits per heavy atom. The molecule has 3 heteroatoms. The second-order valence-electron chi connectivity index (χ2n) is 6.03. The summed E-state index contributed by atoms with van der Waals surface area (Å²) in [5, 5.41) is 0. The van der Waals surface area contributed by atoms with Crippen LogP contribution in [0.3, 0.4) is 0 Å². The van der Waals surface area contributed by atoms with E-state index in [0.29, 0.717) is 6.04 Å². The minimum atomic E-state index is 0.527. The molecule has 0 radical (unpaired) electrons. The first-order valence-corrected chi connectivity index (χ1v) is 8.16. The first-order chi connectivity index (χ1) is 10.3. The highest BCUT2D eigenvalue weighted by Crippen LogP contribution is 2.26. The summed E-state index contributed by atoms with van der Waals surface area (Å²) >= 11 is 0. The van der Waals surface area contributed by atoms with Crippen LogP contribution in [0.2, 0.25) is 0 Å². The molecule has 0 aliphatic carbocycles. The van der Waals surface area contributed by atoms with Crippen LogP contribution in [0.25, 0.3) is 11.3 Å². The fourth-order valence-electron chi connectivity index (χ4n) is 3.15. The van der Waals surface area contributed by atoms with Gasteiger partial charge >= 0.3 is 0 Å². The second kappa shape index (κ2) is 6.44. The molecular weight excluding hydrogens is 258 g/mol. The lowest BCUT2D eigenvalue weighted by molar-refractivity contribution is 0.263. The maximum absolute atomic E-state index is 4.44. The smallest absolute Gasteiger partial charge is 0.106 e. The van der Waals surface area contributed by atoms with Crippen molar-refractivity contribution in [1.82, 2.24) is 14.9 Å². The SMILES string of the molecule is CCCc1ncc(-c2ccc([C@H](C)N3CCCC3)cc2)[nH]1. The number of aromatic nitrogens is 2. The van der Waals surface area contributed by atoms with Crippen LogP contribution >= 0.6 is 0 Å². The van der Waals surface area contributed by atoms with Crippen LogP contribution in [0.4, 0.5) is 0 Å². The molecule has 0 bridgehead atoms. The maximum Gasteiger partial charge on any atom is 0.106 e. The predicted molar refractivity (Wildman–Crippen MR) is 87.2 cm³/mol. The fourth-order valence-corrected chi connectivity index (χ4v) is 3.15. The third kappa shape index (κ3) is 3.18. The lowest BCUT2D eigenvalue weighted by atomic mass is 10.0. The fraction of sp³-hybridized carbons (Fsp3) is 0.500. The molecule has 2 aromatic rings. The highest BCUT2D eigenvalue weighted by Gasteiger charge is 2.19. The molecular formula is C18H25N3. The zero-order valence-corrected chi connectivity index (χ0v) is 13.1. The van der Waals surface area contributed by atoms with Crippen molar-refractivity contribution in [2.24, 2.45) is 0 Å². The number of nitrogens with zero attached hydrogens (tertiary/aromatic N) is 2. The summed E-state index contributed by atoms with van der Waals surface area (Å²) in [6, 6.07) is 9.48. The van der Waals surface area contributed by atoms with Gasteiger partial charge in [-0.25, -0.2) is 4.98 Å². The summed E-state index contributed by atoms with van der Waals surface area (Å²) in [6.07, 6.45) is 6.78. The number of rotatable bonds is 5. The van der Waals surface area contributed by atoms with Crippen LogP contribution in [0, 0.1) is 0 Å². The van der Waals surface area contributed by atoms with Gasteiger partial charge in [0.15, 0.2) is 0 Å². The predicted octanol–water partition coefficient (Wildman–Crippen LogP) is 4.19. The van der Waals surface area contributed by atoms with Crippen molar-refractivity contribution in [2.75, 3.05) is 13.1 Å². The molecule has 3 rings (SSSR count). The van der Waals surface area contributed by atoms with Crippen LogP contribution in [-0.4, -0.2) is 28.0 Å². The molecule has 1 atom stereocenters. The normalized spacial score (nSPS) is 17.2. The Hall–Kier alpha value is -1.61. The Labute approximate surface area is 127 Å². The van der Waals surface area contributed by atoms with Crippen molar-refractivity contribution in [1.29, 1.82) is 0 Å². The molecule has 0 saturated carbocycles. The van der Waals surface area contributed by atoms with E-state index in [2.05, 4.69) is 53.0 Å². The van der Waals surface area contributed by atoms with E-state index in [1.165, 1.54) is 37.1 Å². The van der Waals surface area contributed by atoms with Gasteiger partial charge in [0.05, 0.1) is 11.9 Å². The molecule has 0 amide bonds.